The van der Waals surface area contributed by atoms with E-state index in [1.54, 1.807) is 14.2 Å². The van der Waals surface area contributed by atoms with Crippen molar-refractivity contribution >= 4 is 5.71 Å². The fraction of sp³-hybridized carbons (Fsp3) is 0.324. The zero-order valence-corrected chi connectivity index (χ0v) is 26.8. The first-order valence-electron chi connectivity index (χ1n) is 15.6. The lowest BCUT2D eigenvalue weighted by Gasteiger charge is -2.37. The number of ether oxygens (including phenoxy) is 6. The molecule has 0 spiro atoms. The Labute approximate surface area is 268 Å². The Kier molecular flexibility index (Phi) is 7.86. The third-order valence-corrected chi connectivity index (χ3v) is 9.37. The second-order valence-corrected chi connectivity index (χ2v) is 12.0. The molecule has 6 bridgehead atoms. The van der Waals surface area contributed by atoms with Crippen molar-refractivity contribution in [1.82, 2.24) is 0 Å². The van der Waals surface area contributed by atoms with E-state index < -0.39 is 0 Å². The number of likely N-dealkylation sites (N-methyl/N-ethyl adjacent to an activating group) is 1. The standard InChI is InChI=1S/C37H38N2O7/c1-39-15-13-25-33-28(39)17-22-8-11-29(41-2)31(18-22)45-24-9-6-21(7-10-24)16-27-26-20-32(30(42-3)19-23(26)12-14-38-27)46-35(33)37(44-5)36(43-4)34(25)40/h6-11,18-20,28,40H,12-17H2,1-5H3. The molecule has 0 saturated carbocycles. The SMILES string of the molecule is COc1ccc2cc1Oc1ccc(cc1)CC1=NCCc3cc(OC)c(cc31)Oc1c(OC)c(OC)c([O-])c3c1C(C2)[NH+](C)CC3. The van der Waals surface area contributed by atoms with Crippen LogP contribution in [-0.2, 0) is 25.7 Å². The number of fused-ring (bicyclic) bond motifs is 2. The van der Waals surface area contributed by atoms with Crippen molar-refractivity contribution in [2.45, 2.75) is 31.7 Å². The van der Waals surface area contributed by atoms with E-state index in [9.17, 15) is 5.11 Å². The number of rotatable bonds is 4. The highest BCUT2D eigenvalue weighted by Crippen LogP contribution is 2.53. The Morgan fingerprint density at radius 2 is 1.54 bits per heavy atom. The molecule has 0 aromatic heterocycles. The van der Waals surface area contributed by atoms with E-state index >= 15 is 0 Å². The molecule has 4 heterocycles. The summed E-state index contributed by atoms with van der Waals surface area (Å²) in [6, 6.07) is 18.0. The second-order valence-electron chi connectivity index (χ2n) is 12.0. The summed E-state index contributed by atoms with van der Waals surface area (Å²) in [5.41, 5.74) is 6.78. The molecule has 4 aliphatic rings. The predicted molar refractivity (Wildman–Crippen MR) is 172 cm³/mol. The fourth-order valence-electron chi connectivity index (χ4n) is 6.97. The van der Waals surface area contributed by atoms with Gasteiger partial charge in [-0.15, -0.1) is 0 Å². The number of nitrogens with zero attached hydrogens (tertiary/aromatic N) is 1. The Hall–Kier alpha value is -4.89. The molecule has 2 unspecified atom stereocenters. The van der Waals surface area contributed by atoms with Crippen molar-refractivity contribution in [3.63, 3.8) is 0 Å². The van der Waals surface area contributed by atoms with E-state index in [1.807, 2.05) is 42.5 Å². The molecule has 4 aromatic rings. The quantitative estimate of drug-likeness (QED) is 0.355. The van der Waals surface area contributed by atoms with E-state index in [0.717, 1.165) is 46.5 Å². The molecule has 9 heteroatoms. The molecular formula is C37H38N2O7. The van der Waals surface area contributed by atoms with Crippen LogP contribution in [0.1, 0.15) is 39.4 Å². The minimum Gasteiger partial charge on any atom is -0.870 e. The van der Waals surface area contributed by atoms with Crippen LogP contribution in [0.25, 0.3) is 0 Å². The van der Waals surface area contributed by atoms with Gasteiger partial charge in [0.15, 0.2) is 34.5 Å². The molecule has 4 aliphatic heterocycles. The van der Waals surface area contributed by atoms with E-state index in [-0.39, 0.29) is 23.3 Å². The van der Waals surface area contributed by atoms with Crippen LogP contribution in [-0.4, -0.2) is 54.3 Å². The molecule has 4 aromatic carbocycles. The Morgan fingerprint density at radius 1 is 0.804 bits per heavy atom. The van der Waals surface area contributed by atoms with Crippen LogP contribution >= 0.6 is 0 Å². The van der Waals surface area contributed by atoms with Crippen molar-refractivity contribution in [2.75, 3.05) is 48.6 Å². The van der Waals surface area contributed by atoms with E-state index in [2.05, 4.69) is 19.2 Å². The van der Waals surface area contributed by atoms with Gasteiger partial charge in [-0.05, 0) is 65.1 Å². The summed E-state index contributed by atoms with van der Waals surface area (Å²) in [7, 11) is 8.46. The van der Waals surface area contributed by atoms with Gasteiger partial charge in [0.25, 0.3) is 0 Å². The van der Waals surface area contributed by atoms with Gasteiger partial charge in [-0.25, -0.2) is 0 Å². The van der Waals surface area contributed by atoms with Crippen LogP contribution in [0.4, 0.5) is 0 Å². The average molecular weight is 623 g/mol. The summed E-state index contributed by atoms with van der Waals surface area (Å²) in [6.07, 6.45) is 2.64. The summed E-state index contributed by atoms with van der Waals surface area (Å²) in [5.74, 6) is 3.80. The number of hydrogen-bond acceptors (Lipinski definition) is 8. The number of hydrogen-bond donors (Lipinski definition) is 1. The summed E-state index contributed by atoms with van der Waals surface area (Å²) >= 11 is 0. The number of methoxy groups -OCH3 is 4. The van der Waals surface area contributed by atoms with Gasteiger partial charge in [-0.2, -0.15) is 0 Å². The zero-order valence-electron chi connectivity index (χ0n) is 26.8. The summed E-state index contributed by atoms with van der Waals surface area (Å²) in [6.45, 7) is 1.47. The van der Waals surface area contributed by atoms with Crippen LogP contribution in [0.2, 0.25) is 0 Å². The number of quaternary nitrogens is 1. The molecule has 1 N–H and O–H groups in total. The van der Waals surface area contributed by atoms with Gasteiger partial charge in [0, 0.05) is 37.1 Å². The summed E-state index contributed by atoms with van der Waals surface area (Å²) in [5, 5.41) is 13.9. The van der Waals surface area contributed by atoms with E-state index in [0.29, 0.717) is 65.9 Å². The second kappa shape index (κ2) is 12.1. The number of nitrogens with one attached hydrogen (secondary N) is 1. The first-order valence-corrected chi connectivity index (χ1v) is 15.6. The van der Waals surface area contributed by atoms with Crippen molar-refractivity contribution in [1.29, 1.82) is 0 Å². The van der Waals surface area contributed by atoms with Crippen LogP contribution in [0.3, 0.4) is 0 Å². The molecule has 238 valence electrons. The molecule has 46 heavy (non-hydrogen) atoms. The lowest BCUT2D eigenvalue weighted by molar-refractivity contribution is -0.914. The van der Waals surface area contributed by atoms with Gasteiger partial charge in [0.2, 0.25) is 5.75 Å². The highest BCUT2D eigenvalue weighted by Gasteiger charge is 2.37. The van der Waals surface area contributed by atoms with Crippen LogP contribution in [0.15, 0.2) is 59.6 Å². The molecule has 0 aliphatic carbocycles. The lowest BCUT2D eigenvalue weighted by Crippen LogP contribution is -3.10. The molecule has 9 nitrogen and oxygen atoms in total. The highest BCUT2D eigenvalue weighted by molar-refractivity contribution is 6.04. The fourth-order valence-corrected chi connectivity index (χ4v) is 6.97. The van der Waals surface area contributed by atoms with Gasteiger partial charge in [0.1, 0.15) is 11.8 Å². The third kappa shape index (κ3) is 5.14. The topological polar surface area (TPSA) is 95.2 Å². The molecular weight excluding hydrogens is 584 g/mol. The smallest absolute Gasteiger partial charge is 0.203 e. The monoisotopic (exact) mass is 622 g/mol. The van der Waals surface area contributed by atoms with Gasteiger partial charge in [-0.3, -0.25) is 4.99 Å². The zero-order chi connectivity index (χ0) is 31.9. The molecule has 0 fully saturated rings. The van der Waals surface area contributed by atoms with Crippen molar-refractivity contribution in [3.05, 3.63) is 88.0 Å². The van der Waals surface area contributed by atoms with Gasteiger partial charge >= 0.3 is 0 Å². The minimum atomic E-state index is -0.171. The Bertz CT molecular complexity index is 1830. The van der Waals surface area contributed by atoms with Gasteiger partial charge < -0.3 is 38.4 Å². The van der Waals surface area contributed by atoms with E-state index in [4.69, 9.17) is 33.4 Å². The number of aliphatic imine (C=N–C) groups is 1. The van der Waals surface area contributed by atoms with Crippen molar-refractivity contribution < 1.29 is 38.4 Å². The largest absolute Gasteiger partial charge is 0.870 e. The highest BCUT2D eigenvalue weighted by atomic mass is 16.5. The maximum atomic E-state index is 13.9. The molecule has 0 saturated heterocycles. The number of benzene rings is 4. The van der Waals surface area contributed by atoms with Crippen molar-refractivity contribution in [2.24, 2.45) is 4.99 Å². The molecule has 2 atom stereocenters. The Balaban J connectivity index is 1.49. The molecule has 0 radical (unpaired) electrons. The Morgan fingerprint density at radius 3 is 2.28 bits per heavy atom. The maximum absolute atomic E-state index is 13.9. The molecule has 0 amide bonds. The average Bonchev–Trinajstić information content (AvgIpc) is 3.07. The normalized spacial score (nSPS) is 18.2. The predicted octanol–water partition coefficient (Wildman–Crippen LogP) is 4.64. The van der Waals surface area contributed by atoms with Crippen molar-refractivity contribution in [3.8, 4) is 51.7 Å². The van der Waals surface area contributed by atoms with Gasteiger partial charge in [0.05, 0.1) is 47.6 Å². The first kappa shape index (κ1) is 29.8. The lowest BCUT2D eigenvalue weighted by atomic mass is 9.86. The first-order chi connectivity index (χ1) is 22.4. The maximum Gasteiger partial charge on any atom is 0.203 e. The third-order valence-electron chi connectivity index (χ3n) is 9.37. The molecule has 8 rings (SSSR count). The van der Waals surface area contributed by atoms with Gasteiger partial charge in [-0.1, -0.05) is 23.9 Å². The van der Waals surface area contributed by atoms with Crippen LogP contribution in [0.5, 0.6) is 51.7 Å². The minimum absolute atomic E-state index is 0.133. The van der Waals surface area contributed by atoms with E-state index in [1.165, 1.54) is 19.1 Å². The van der Waals surface area contributed by atoms with Crippen LogP contribution < -0.4 is 38.4 Å². The van der Waals surface area contributed by atoms with Crippen LogP contribution in [0, 0.1) is 0 Å². The summed E-state index contributed by atoms with van der Waals surface area (Å²) < 4.78 is 36.4. The summed E-state index contributed by atoms with van der Waals surface area (Å²) in [4.78, 5) is 6.19.